The molecule has 196 valence electrons. The van der Waals surface area contributed by atoms with Gasteiger partial charge in [-0.1, -0.05) is 38.4 Å². The third-order valence-electron chi connectivity index (χ3n) is 5.85. The summed E-state index contributed by atoms with van der Waals surface area (Å²) in [7, 11) is -4.42. The third kappa shape index (κ3) is 5.20. The lowest BCUT2D eigenvalue weighted by molar-refractivity contribution is -0.129. The van der Waals surface area contributed by atoms with E-state index in [0.29, 0.717) is 5.56 Å². The molecule has 4 rings (SSSR count). The minimum atomic E-state index is -4.42. The number of amides is 2. The summed E-state index contributed by atoms with van der Waals surface area (Å²) < 4.78 is 35.9. The van der Waals surface area contributed by atoms with Crippen molar-refractivity contribution in [1.29, 1.82) is 0 Å². The van der Waals surface area contributed by atoms with E-state index < -0.39 is 43.2 Å². The van der Waals surface area contributed by atoms with Crippen LogP contribution in [0.15, 0.2) is 52.5 Å². The monoisotopic (exact) mass is 550 g/mol. The van der Waals surface area contributed by atoms with Crippen LogP contribution in [0.5, 0.6) is 5.75 Å². The molecule has 13 heteroatoms. The van der Waals surface area contributed by atoms with Crippen molar-refractivity contribution in [3.05, 3.63) is 64.1 Å². The van der Waals surface area contributed by atoms with E-state index in [1.165, 1.54) is 41.3 Å². The van der Waals surface area contributed by atoms with E-state index >= 15 is 0 Å². The van der Waals surface area contributed by atoms with Crippen LogP contribution in [-0.2, 0) is 20.7 Å². The number of nitrogens with two attached hydrogens (primary N) is 1. The number of ether oxygens (including phenoxy) is 1. The van der Waals surface area contributed by atoms with Crippen molar-refractivity contribution in [2.24, 2.45) is 15.9 Å². The first-order chi connectivity index (χ1) is 17.2. The highest BCUT2D eigenvalue weighted by atomic mass is 35.5. The third-order valence-corrected chi connectivity index (χ3v) is 7.61. The molecule has 2 unspecified atom stereocenters. The Morgan fingerprint density at radius 3 is 2.62 bits per heavy atom. The van der Waals surface area contributed by atoms with Crippen LogP contribution < -0.4 is 21.1 Å². The Kier molecular flexibility index (Phi) is 6.83. The molecule has 0 saturated heterocycles. The van der Waals surface area contributed by atoms with E-state index in [0.717, 1.165) is 0 Å². The molecule has 2 heterocycles. The Labute approximate surface area is 217 Å². The van der Waals surface area contributed by atoms with Crippen LogP contribution in [0, 0.1) is 11.2 Å². The first-order valence-corrected chi connectivity index (χ1v) is 13.1. The lowest BCUT2D eigenvalue weighted by Crippen LogP contribution is -2.43. The highest BCUT2D eigenvalue weighted by molar-refractivity contribution is 7.65. The summed E-state index contributed by atoms with van der Waals surface area (Å²) in [5.41, 5.74) is 4.88. The number of carbonyl (C=O) groups excluding carboxylic acids is 2. The Morgan fingerprint density at radius 1 is 1.30 bits per heavy atom. The highest BCUT2D eigenvalue weighted by Crippen LogP contribution is 2.48. The fourth-order valence-corrected chi connectivity index (χ4v) is 5.78. The molecule has 0 bridgehead atoms. The number of rotatable bonds is 6. The molecule has 0 fully saturated rings. The van der Waals surface area contributed by atoms with Crippen LogP contribution >= 0.6 is 19.1 Å². The van der Waals surface area contributed by atoms with Crippen LogP contribution in [-0.4, -0.2) is 45.2 Å². The topological polar surface area (TPSA) is 155 Å². The summed E-state index contributed by atoms with van der Waals surface area (Å²) in [6.45, 7) is 5.05. The maximum Gasteiger partial charge on any atom is 0.346 e. The number of anilines is 1. The van der Waals surface area contributed by atoms with Crippen LogP contribution in [0.25, 0.3) is 0 Å². The predicted octanol–water partition coefficient (Wildman–Crippen LogP) is 3.25. The first-order valence-electron chi connectivity index (χ1n) is 11.1. The largest absolute Gasteiger partial charge is 0.509 e. The lowest BCUT2D eigenvalue weighted by atomic mass is 9.85. The summed E-state index contributed by atoms with van der Waals surface area (Å²) in [5.74, 6) is -2.40. The van der Waals surface area contributed by atoms with Crippen molar-refractivity contribution in [3.63, 3.8) is 0 Å². The molecule has 0 radical (unpaired) electrons. The molecular weight excluding hydrogens is 526 g/mol. The molecule has 2 atom stereocenters. The second kappa shape index (κ2) is 9.48. The average molecular weight is 551 g/mol. The minimum Gasteiger partial charge on any atom is -0.509 e. The molecule has 37 heavy (non-hydrogen) atoms. The fraction of sp³-hybridized carbons (Fsp3) is 0.292. The molecule has 2 amide bonds. The van der Waals surface area contributed by atoms with E-state index in [9.17, 15) is 28.5 Å². The second-order valence-corrected chi connectivity index (χ2v) is 11.9. The summed E-state index contributed by atoms with van der Waals surface area (Å²) in [4.78, 5) is 36.7. The number of benzene rings is 2. The summed E-state index contributed by atoms with van der Waals surface area (Å²) in [6.07, 6.45) is 0. The van der Waals surface area contributed by atoms with Gasteiger partial charge in [-0.2, -0.15) is 4.76 Å². The normalized spacial score (nSPS) is 21.5. The maximum atomic E-state index is 13.7. The van der Waals surface area contributed by atoms with Crippen LogP contribution in [0.1, 0.15) is 26.3 Å². The van der Waals surface area contributed by atoms with Gasteiger partial charge in [0.25, 0.3) is 11.8 Å². The van der Waals surface area contributed by atoms with E-state index in [2.05, 4.69) is 10.1 Å². The number of aliphatic hydroxyl groups is 1. The first kappa shape index (κ1) is 26.7. The predicted molar refractivity (Wildman–Crippen MR) is 137 cm³/mol. The zero-order valence-corrected chi connectivity index (χ0v) is 21.8. The van der Waals surface area contributed by atoms with Crippen molar-refractivity contribution in [2.45, 2.75) is 33.4 Å². The quantitative estimate of drug-likeness (QED) is 0.402. The zero-order valence-electron chi connectivity index (χ0n) is 20.2. The van der Waals surface area contributed by atoms with Gasteiger partial charge in [-0.3, -0.25) is 14.2 Å². The number of halogens is 2. The van der Waals surface area contributed by atoms with Gasteiger partial charge in [0.2, 0.25) is 0 Å². The van der Waals surface area contributed by atoms with Gasteiger partial charge in [0, 0.05) is 6.54 Å². The molecule has 2 aliphatic heterocycles. The number of hydrogen-bond donors (Lipinski definition) is 4. The van der Waals surface area contributed by atoms with E-state index in [-0.39, 0.29) is 45.5 Å². The number of hydrogen-bond acceptors (Lipinski definition) is 6. The Hall–Kier alpha value is -3.40. The van der Waals surface area contributed by atoms with Crippen molar-refractivity contribution >= 4 is 47.8 Å². The van der Waals surface area contributed by atoms with Crippen LogP contribution in [0.3, 0.4) is 0 Å². The van der Waals surface area contributed by atoms with Gasteiger partial charge in [0.05, 0.1) is 22.1 Å². The van der Waals surface area contributed by atoms with Crippen molar-refractivity contribution in [3.8, 4) is 5.75 Å². The minimum absolute atomic E-state index is 0.00442. The number of carbonyl (C=O) groups is 2. The fourth-order valence-electron chi connectivity index (χ4n) is 4.31. The number of nitrogens with zero attached hydrogens (tertiary/aromatic N) is 2. The van der Waals surface area contributed by atoms with Gasteiger partial charge in [0.15, 0.2) is 12.4 Å². The van der Waals surface area contributed by atoms with Crippen molar-refractivity contribution in [2.75, 3.05) is 11.9 Å². The molecule has 0 spiro atoms. The van der Waals surface area contributed by atoms with Gasteiger partial charge in [0.1, 0.15) is 22.9 Å². The number of fused-ring (bicyclic) bond motifs is 1. The molecule has 0 saturated carbocycles. The molecule has 2 aromatic carbocycles. The number of amidine groups is 1. The van der Waals surface area contributed by atoms with Gasteiger partial charge in [-0.05, 0) is 41.3 Å². The van der Waals surface area contributed by atoms with E-state index in [1.807, 2.05) is 20.8 Å². The van der Waals surface area contributed by atoms with E-state index in [1.54, 1.807) is 0 Å². The zero-order chi connectivity index (χ0) is 27.3. The number of nitrogens with one attached hydrogen (secondary N) is 1. The molecule has 2 aromatic rings. The second-order valence-electron chi connectivity index (χ2n) is 9.76. The number of primary amides is 1. The van der Waals surface area contributed by atoms with Gasteiger partial charge in [-0.25, -0.2) is 4.39 Å². The smallest absolute Gasteiger partial charge is 0.346 e. The Bertz CT molecular complexity index is 1420. The summed E-state index contributed by atoms with van der Waals surface area (Å²) >= 11 is 5.91. The van der Waals surface area contributed by atoms with Gasteiger partial charge in [-0.15, -0.1) is 0 Å². The van der Waals surface area contributed by atoms with Crippen molar-refractivity contribution < 1.29 is 33.3 Å². The SMILES string of the molecule is CC(C)(C)C1C(O)=C(C2=NP(=O)(O)c3cc(OCC(N)=O)ccc3N2)C(=O)N1Cc1ccc(F)c(Cl)c1. The number of aliphatic hydroxyl groups excluding tert-OH is 1. The standard InChI is InChI=1S/C24H25ClFN4O6P/c1-24(2,3)21-20(32)19(23(33)30(21)10-12-4-6-15(26)14(25)8-12)22-28-16-7-5-13(36-11-18(27)31)9-17(16)37(34,35)29-22/h4-9,21,32H,10-11H2,1-3H3,(H2,27,31)(H2,28,29,34,35). The van der Waals surface area contributed by atoms with E-state index in [4.69, 9.17) is 22.1 Å². The summed E-state index contributed by atoms with van der Waals surface area (Å²) in [6, 6.07) is 7.38. The van der Waals surface area contributed by atoms with Crippen LogP contribution in [0.4, 0.5) is 10.1 Å². The molecule has 5 N–H and O–H groups in total. The van der Waals surface area contributed by atoms with Gasteiger partial charge >= 0.3 is 7.52 Å². The molecule has 10 nitrogen and oxygen atoms in total. The van der Waals surface area contributed by atoms with Gasteiger partial charge < -0.3 is 30.7 Å². The van der Waals surface area contributed by atoms with Crippen molar-refractivity contribution in [1.82, 2.24) is 4.90 Å². The molecule has 2 aliphatic rings. The highest BCUT2D eigenvalue weighted by Gasteiger charge is 2.48. The molecular formula is C24H25ClFN4O6P. The molecule has 0 aliphatic carbocycles. The molecule has 0 aromatic heterocycles. The Morgan fingerprint density at radius 2 is 2.00 bits per heavy atom. The maximum absolute atomic E-state index is 13.7. The van der Waals surface area contributed by atoms with Crippen LogP contribution in [0.2, 0.25) is 5.02 Å². The Balaban J connectivity index is 1.71. The lowest BCUT2D eigenvalue weighted by Gasteiger charge is -2.35. The average Bonchev–Trinajstić information content (AvgIpc) is 3.04. The summed E-state index contributed by atoms with van der Waals surface area (Å²) in [5, 5.41) is 13.9.